The van der Waals surface area contributed by atoms with Crippen LogP contribution in [-0.2, 0) is 25.3 Å². The van der Waals surface area contributed by atoms with Crippen molar-refractivity contribution in [3.8, 4) is 0 Å². The summed E-state index contributed by atoms with van der Waals surface area (Å²) in [6.07, 6.45) is 3.52. The fourth-order valence-corrected chi connectivity index (χ4v) is 3.09. The molecule has 124 valence electrons. The predicted molar refractivity (Wildman–Crippen MR) is 92.5 cm³/mol. The number of alkyl halides is 1. The Morgan fingerprint density at radius 3 is 2.70 bits per heavy atom. The topological polar surface area (TPSA) is 55.1 Å². The number of carbonyl (C=O) groups is 1. The third-order valence-electron chi connectivity index (χ3n) is 3.78. The van der Waals surface area contributed by atoms with Gasteiger partial charge in [-0.2, -0.15) is 0 Å². The maximum atomic E-state index is 11.3. The van der Waals surface area contributed by atoms with Crippen molar-refractivity contribution in [2.45, 2.75) is 45.0 Å². The molecule has 0 aliphatic heterocycles. The third kappa shape index (κ3) is 4.27. The number of rotatable bonds is 8. The third-order valence-corrected chi connectivity index (χ3v) is 4.46. The molecule has 0 saturated heterocycles. The molecule has 2 aromatic rings. The van der Waals surface area contributed by atoms with E-state index in [4.69, 9.17) is 23.2 Å². The largest absolute Gasteiger partial charge is 0.478 e. The Balaban J connectivity index is 2.23. The van der Waals surface area contributed by atoms with Crippen molar-refractivity contribution >= 4 is 29.2 Å². The van der Waals surface area contributed by atoms with Gasteiger partial charge in [0.15, 0.2) is 0 Å². The van der Waals surface area contributed by atoms with Gasteiger partial charge in [0, 0.05) is 13.0 Å². The number of unbranched alkanes of at least 4 members (excludes halogenated alkanes) is 1. The van der Waals surface area contributed by atoms with Gasteiger partial charge in [0.2, 0.25) is 0 Å². The summed E-state index contributed by atoms with van der Waals surface area (Å²) in [5.74, 6) is 0.279. The predicted octanol–water partition coefficient (Wildman–Crippen LogP) is 4.56. The number of carboxylic acids is 1. The van der Waals surface area contributed by atoms with E-state index in [1.54, 1.807) is 12.1 Å². The molecule has 1 heterocycles. The molecule has 1 N–H and O–H groups in total. The number of aromatic carboxylic acids is 1. The lowest BCUT2D eigenvalue weighted by Gasteiger charge is -2.11. The summed E-state index contributed by atoms with van der Waals surface area (Å²) in [7, 11) is 0. The van der Waals surface area contributed by atoms with E-state index in [2.05, 4.69) is 11.9 Å². The zero-order valence-electron chi connectivity index (χ0n) is 13.1. The van der Waals surface area contributed by atoms with Gasteiger partial charge in [0.1, 0.15) is 11.0 Å². The fourth-order valence-electron chi connectivity index (χ4n) is 2.55. The SMILES string of the molecule is CCCCc1nc(CCl)c(Cl)n1CCc1ccccc1C(=O)O. The lowest BCUT2D eigenvalue weighted by atomic mass is 10.0. The van der Waals surface area contributed by atoms with E-state index in [0.29, 0.717) is 29.4 Å². The summed E-state index contributed by atoms with van der Waals surface area (Å²) in [6.45, 7) is 2.71. The summed E-state index contributed by atoms with van der Waals surface area (Å²) >= 11 is 12.3. The van der Waals surface area contributed by atoms with Gasteiger partial charge in [-0.25, -0.2) is 9.78 Å². The van der Waals surface area contributed by atoms with E-state index in [1.165, 1.54) is 0 Å². The van der Waals surface area contributed by atoms with Crippen molar-refractivity contribution in [1.29, 1.82) is 0 Å². The summed E-state index contributed by atoms with van der Waals surface area (Å²) in [5, 5.41) is 9.82. The normalized spacial score (nSPS) is 10.9. The average Bonchev–Trinajstić information content (AvgIpc) is 2.86. The Morgan fingerprint density at radius 2 is 2.04 bits per heavy atom. The zero-order valence-corrected chi connectivity index (χ0v) is 14.6. The minimum Gasteiger partial charge on any atom is -0.478 e. The van der Waals surface area contributed by atoms with Gasteiger partial charge in [0.05, 0.1) is 17.1 Å². The Labute approximate surface area is 146 Å². The van der Waals surface area contributed by atoms with Crippen molar-refractivity contribution in [2.24, 2.45) is 0 Å². The van der Waals surface area contributed by atoms with E-state index < -0.39 is 5.97 Å². The minimum atomic E-state index is -0.912. The molecular weight excluding hydrogens is 335 g/mol. The molecule has 0 fully saturated rings. The van der Waals surface area contributed by atoms with Crippen LogP contribution in [0.5, 0.6) is 0 Å². The minimum absolute atomic E-state index is 0.274. The molecule has 1 aromatic carbocycles. The smallest absolute Gasteiger partial charge is 0.335 e. The summed E-state index contributed by atoms with van der Waals surface area (Å²) in [6, 6.07) is 7.03. The highest BCUT2D eigenvalue weighted by molar-refractivity contribution is 6.31. The van der Waals surface area contributed by atoms with Gasteiger partial charge < -0.3 is 9.67 Å². The van der Waals surface area contributed by atoms with Crippen molar-refractivity contribution < 1.29 is 9.90 Å². The Morgan fingerprint density at radius 1 is 1.30 bits per heavy atom. The molecule has 0 aliphatic carbocycles. The molecule has 4 nitrogen and oxygen atoms in total. The summed E-state index contributed by atoms with van der Waals surface area (Å²) in [4.78, 5) is 15.8. The van der Waals surface area contributed by atoms with Gasteiger partial charge in [-0.1, -0.05) is 43.1 Å². The number of hydrogen-bond donors (Lipinski definition) is 1. The highest BCUT2D eigenvalue weighted by Gasteiger charge is 2.16. The van der Waals surface area contributed by atoms with E-state index in [-0.39, 0.29) is 5.88 Å². The number of hydrogen-bond acceptors (Lipinski definition) is 2. The molecule has 0 saturated carbocycles. The first-order valence-corrected chi connectivity index (χ1v) is 8.60. The second-order valence-electron chi connectivity index (χ2n) is 5.37. The highest BCUT2D eigenvalue weighted by atomic mass is 35.5. The van der Waals surface area contributed by atoms with Gasteiger partial charge in [-0.15, -0.1) is 11.6 Å². The van der Waals surface area contributed by atoms with Gasteiger partial charge >= 0.3 is 5.97 Å². The standard InChI is InChI=1S/C17H20Cl2N2O2/c1-2-3-8-15-20-14(11-18)16(19)21(15)10-9-12-6-4-5-7-13(12)17(22)23/h4-7H,2-3,8-11H2,1H3,(H,22,23). The average molecular weight is 355 g/mol. The van der Waals surface area contributed by atoms with Crippen LogP contribution in [0.3, 0.4) is 0 Å². The fraction of sp³-hybridized carbons (Fsp3) is 0.412. The van der Waals surface area contributed by atoms with Crippen LogP contribution in [-0.4, -0.2) is 20.6 Å². The number of imidazole rings is 1. The zero-order chi connectivity index (χ0) is 16.8. The number of carboxylic acid groups (broad SMARTS) is 1. The number of halogens is 2. The lowest BCUT2D eigenvalue weighted by molar-refractivity contribution is 0.0695. The van der Waals surface area contributed by atoms with Crippen LogP contribution >= 0.6 is 23.2 Å². The highest BCUT2D eigenvalue weighted by Crippen LogP contribution is 2.22. The van der Waals surface area contributed by atoms with E-state index in [0.717, 1.165) is 30.7 Å². The molecule has 0 atom stereocenters. The van der Waals surface area contributed by atoms with Crippen molar-refractivity contribution in [1.82, 2.24) is 9.55 Å². The lowest BCUT2D eigenvalue weighted by Crippen LogP contribution is -2.09. The maximum Gasteiger partial charge on any atom is 0.335 e. The Bertz CT molecular complexity index is 683. The maximum absolute atomic E-state index is 11.3. The first kappa shape index (κ1) is 17.8. The molecule has 0 spiro atoms. The number of nitrogens with zero attached hydrogens (tertiary/aromatic N) is 2. The molecule has 1 aromatic heterocycles. The van der Waals surface area contributed by atoms with Crippen LogP contribution < -0.4 is 0 Å². The molecular formula is C17H20Cl2N2O2. The van der Waals surface area contributed by atoms with E-state index in [1.807, 2.05) is 16.7 Å². The van der Waals surface area contributed by atoms with Crippen LogP contribution in [0.1, 0.15) is 47.2 Å². The second kappa shape index (κ2) is 8.37. The van der Waals surface area contributed by atoms with Crippen LogP contribution in [0.4, 0.5) is 0 Å². The molecule has 2 rings (SSSR count). The first-order valence-electron chi connectivity index (χ1n) is 7.69. The van der Waals surface area contributed by atoms with Gasteiger partial charge in [-0.3, -0.25) is 0 Å². The van der Waals surface area contributed by atoms with Crippen molar-refractivity contribution in [3.05, 3.63) is 52.1 Å². The molecule has 0 amide bonds. The van der Waals surface area contributed by atoms with E-state index >= 15 is 0 Å². The Kier molecular flexibility index (Phi) is 6.48. The molecule has 6 heteroatoms. The second-order valence-corrected chi connectivity index (χ2v) is 5.99. The van der Waals surface area contributed by atoms with Crippen LogP contribution in [0.15, 0.2) is 24.3 Å². The van der Waals surface area contributed by atoms with Crippen molar-refractivity contribution in [3.63, 3.8) is 0 Å². The van der Waals surface area contributed by atoms with Crippen LogP contribution in [0, 0.1) is 0 Å². The van der Waals surface area contributed by atoms with Gasteiger partial charge in [-0.05, 0) is 24.5 Å². The molecule has 23 heavy (non-hydrogen) atoms. The molecule has 0 bridgehead atoms. The number of aromatic nitrogens is 2. The molecule has 0 unspecified atom stereocenters. The number of benzene rings is 1. The molecule has 0 radical (unpaired) electrons. The Hall–Kier alpha value is -1.52. The first-order chi connectivity index (χ1) is 11.1. The monoisotopic (exact) mass is 354 g/mol. The molecule has 0 aliphatic rings. The summed E-state index contributed by atoms with van der Waals surface area (Å²) < 4.78 is 1.95. The van der Waals surface area contributed by atoms with E-state index in [9.17, 15) is 9.90 Å². The van der Waals surface area contributed by atoms with Gasteiger partial charge in [0.25, 0.3) is 0 Å². The van der Waals surface area contributed by atoms with Crippen molar-refractivity contribution in [2.75, 3.05) is 0 Å². The van der Waals surface area contributed by atoms with Crippen LogP contribution in [0.25, 0.3) is 0 Å². The van der Waals surface area contributed by atoms with Crippen LogP contribution in [0.2, 0.25) is 5.15 Å². The number of aryl methyl sites for hydroxylation is 2. The summed E-state index contributed by atoms with van der Waals surface area (Å²) in [5.41, 5.74) is 1.81. The quantitative estimate of drug-likeness (QED) is 0.707.